The van der Waals surface area contributed by atoms with Gasteiger partial charge in [0.2, 0.25) is 0 Å². The largest absolute Gasteiger partial charge is 0.496 e. The van der Waals surface area contributed by atoms with Gasteiger partial charge >= 0.3 is 0 Å². The maximum Gasteiger partial charge on any atom is 0.137 e. The minimum absolute atomic E-state index is 0.533. The van der Waals surface area contributed by atoms with Gasteiger partial charge in [0.05, 0.1) is 13.4 Å². The fourth-order valence-corrected chi connectivity index (χ4v) is 1.62. The zero-order chi connectivity index (χ0) is 11.5. The molecule has 1 N–H and O–H groups in total. The highest BCUT2D eigenvalue weighted by Crippen LogP contribution is 2.27. The van der Waals surface area contributed by atoms with E-state index in [-0.39, 0.29) is 0 Å². The molecule has 1 aromatic heterocycles. The first-order chi connectivity index (χ1) is 7.72. The smallest absolute Gasteiger partial charge is 0.137 e. The molecule has 3 heteroatoms. The summed E-state index contributed by atoms with van der Waals surface area (Å²) in [6.07, 6.45) is 0.800. The Bertz CT molecular complexity index is 460. The number of hydrogen-bond acceptors (Lipinski definition) is 3. The molecular formula is C13H14O3. The molecule has 0 aliphatic rings. The molecule has 3 nitrogen and oxygen atoms in total. The third-order valence-electron chi connectivity index (χ3n) is 2.56. The zero-order valence-electron chi connectivity index (χ0n) is 9.31. The van der Waals surface area contributed by atoms with E-state index in [0.29, 0.717) is 5.76 Å². The number of hydrogen-bond donors (Lipinski definition) is 1. The molecule has 0 aliphatic carbocycles. The SMILES string of the molecule is COc1cc(C(O)c2ccco2)ccc1C. The van der Waals surface area contributed by atoms with Crippen LogP contribution < -0.4 is 4.74 Å². The molecule has 1 unspecified atom stereocenters. The second kappa shape index (κ2) is 4.41. The van der Waals surface area contributed by atoms with Gasteiger partial charge in [0.25, 0.3) is 0 Å². The summed E-state index contributed by atoms with van der Waals surface area (Å²) in [6, 6.07) is 9.11. The lowest BCUT2D eigenvalue weighted by molar-refractivity contribution is 0.189. The van der Waals surface area contributed by atoms with Crippen molar-refractivity contribution >= 4 is 0 Å². The second-order valence-corrected chi connectivity index (χ2v) is 3.65. The van der Waals surface area contributed by atoms with Crippen LogP contribution in [0.1, 0.15) is 23.0 Å². The summed E-state index contributed by atoms with van der Waals surface area (Å²) in [6.45, 7) is 1.96. The van der Waals surface area contributed by atoms with Crippen molar-refractivity contribution in [3.05, 3.63) is 53.5 Å². The van der Waals surface area contributed by atoms with Crippen molar-refractivity contribution in [2.75, 3.05) is 7.11 Å². The van der Waals surface area contributed by atoms with E-state index >= 15 is 0 Å². The molecule has 2 aromatic rings. The Labute approximate surface area is 94.3 Å². The molecule has 1 heterocycles. The molecular weight excluding hydrogens is 204 g/mol. The number of methoxy groups -OCH3 is 1. The Morgan fingerprint density at radius 2 is 2.12 bits per heavy atom. The highest BCUT2D eigenvalue weighted by atomic mass is 16.5. The molecule has 0 saturated carbocycles. The lowest BCUT2D eigenvalue weighted by Crippen LogP contribution is -1.99. The normalized spacial score (nSPS) is 12.4. The summed E-state index contributed by atoms with van der Waals surface area (Å²) in [5, 5.41) is 10.0. The van der Waals surface area contributed by atoms with E-state index in [9.17, 15) is 5.11 Å². The fourth-order valence-electron chi connectivity index (χ4n) is 1.62. The van der Waals surface area contributed by atoms with Crippen molar-refractivity contribution in [2.24, 2.45) is 0 Å². The summed E-state index contributed by atoms with van der Waals surface area (Å²) in [4.78, 5) is 0. The van der Waals surface area contributed by atoms with Crippen molar-refractivity contribution in [2.45, 2.75) is 13.0 Å². The van der Waals surface area contributed by atoms with E-state index in [1.807, 2.05) is 25.1 Å². The van der Waals surface area contributed by atoms with Crippen LogP contribution in [0, 0.1) is 6.92 Å². The molecule has 84 valence electrons. The summed E-state index contributed by atoms with van der Waals surface area (Å²) in [5.74, 6) is 1.30. The van der Waals surface area contributed by atoms with Gasteiger partial charge in [0, 0.05) is 0 Å². The summed E-state index contributed by atoms with van der Waals surface area (Å²) >= 11 is 0. The minimum atomic E-state index is -0.746. The third kappa shape index (κ3) is 1.95. The van der Waals surface area contributed by atoms with Crippen LogP contribution in [-0.4, -0.2) is 12.2 Å². The molecule has 0 spiro atoms. The van der Waals surface area contributed by atoms with Gasteiger partial charge in [-0.05, 0) is 36.2 Å². The van der Waals surface area contributed by atoms with Crippen LogP contribution in [-0.2, 0) is 0 Å². The molecule has 1 aromatic carbocycles. The number of aliphatic hydroxyl groups is 1. The highest BCUT2D eigenvalue weighted by molar-refractivity contribution is 5.39. The number of rotatable bonds is 3. The van der Waals surface area contributed by atoms with Crippen LogP contribution in [0.2, 0.25) is 0 Å². The van der Waals surface area contributed by atoms with E-state index in [1.165, 1.54) is 0 Å². The number of aliphatic hydroxyl groups excluding tert-OH is 1. The Morgan fingerprint density at radius 1 is 1.31 bits per heavy atom. The molecule has 16 heavy (non-hydrogen) atoms. The maximum atomic E-state index is 10.0. The first-order valence-corrected chi connectivity index (χ1v) is 5.08. The third-order valence-corrected chi connectivity index (χ3v) is 2.56. The maximum absolute atomic E-state index is 10.0. The van der Waals surface area contributed by atoms with E-state index in [2.05, 4.69) is 0 Å². The molecule has 0 radical (unpaired) electrons. The lowest BCUT2D eigenvalue weighted by Gasteiger charge is -2.11. The number of benzene rings is 1. The topological polar surface area (TPSA) is 42.6 Å². The number of ether oxygens (including phenoxy) is 1. The van der Waals surface area contributed by atoms with Gasteiger partial charge < -0.3 is 14.3 Å². The van der Waals surface area contributed by atoms with Gasteiger partial charge in [-0.3, -0.25) is 0 Å². The molecule has 0 aliphatic heterocycles. The van der Waals surface area contributed by atoms with E-state index < -0.39 is 6.10 Å². The van der Waals surface area contributed by atoms with Gasteiger partial charge in [0.1, 0.15) is 17.6 Å². The van der Waals surface area contributed by atoms with E-state index in [1.54, 1.807) is 25.5 Å². The predicted molar refractivity (Wildman–Crippen MR) is 60.5 cm³/mol. The van der Waals surface area contributed by atoms with E-state index in [4.69, 9.17) is 9.15 Å². The fraction of sp³-hybridized carbons (Fsp3) is 0.231. The van der Waals surface area contributed by atoms with Gasteiger partial charge in [-0.25, -0.2) is 0 Å². The zero-order valence-corrected chi connectivity index (χ0v) is 9.31. The Hall–Kier alpha value is -1.74. The average Bonchev–Trinajstić information content (AvgIpc) is 2.82. The van der Waals surface area contributed by atoms with Gasteiger partial charge in [-0.15, -0.1) is 0 Å². The van der Waals surface area contributed by atoms with Gasteiger partial charge in [-0.1, -0.05) is 12.1 Å². The molecule has 0 bridgehead atoms. The monoisotopic (exact) mass is 218 g/mol. The van der Waals surface area contributed by atoms with Crippen LogP contribution in [0.25, 0.3) is 0 Å². The quantitative estimate of drug-likeness (QED) is 0.861. The standard InChI is InChI=1S/C13H14O3/c1-9-5-6-10(8-12(9)15-2)13(14)11-4-3-7-16-11/h3-8,13-14H,1-2H3. The predicted octanol–water partition coefficient (Wildman–Crippen LogP) is 2.68. The Morgan fingerprint density at radius 3 is 2.75 bits per heavy atom. The first-order valence-electron chi connectivity index (χ1n) is 5.08. The minimum Gasteiger partial charge on any atom is -0.496 e. The van der Waals surface area contributed by atoms with Crippen LogP contribution in [0.4, 0.5) is 0 Å². The van der Waals surface area contributed by atoms with Crippen LogP contribution in [0.5, 0.6) is 5.75 Å². The van der Waals surface area contributed by atoms with Crippen LogP contribution in [0.3, 0.4) is 0 Å². The van der Waals surface area contributed by atoms with Gasteiger partial charge in [-0.2, -0.15) is 0 Å². The van der Waals surface area contributed by atoms with E-state index in [0.717, 1.165) is 16.9 Å². The van der Waals surface area contributed by atoms with Gasteiger partial charge in [0.15, 0.2) is 0 Å². The molecule has 0 fully saturated rings. The summed E-state index contributed by atoms with van der Waals surface area (Å²) in [7, 11) is 1.62. The van der Waals surface area contributed by atoms with Crippen molar-refractivity contribution < 1.29 is 14.3 Å². The first kappa shape index (κ1) is 10.8. The van der Waals surface area contributed by atoms with Crippen LogP contribution in [0.15, 0.2) is 41.0 Å². The lowest BCUT2D eigenvalue weighted by atomic mass is 10.0. The highest BCUT2D eigenvalue weighted by Gasteiger charge is 2.14. The van der Waals surface area contributed by atoms with Crippen molar-refractivity contribution in [3.8, 4) is 5.75 Å². The Kier molecular flexibility index (Phi) is 2.97. The van der Waals surface area contributed by atoms with Crippen molar-refractivity contribution in [3.63, 3.8) is 0 Å². The second-order valence-electron chi connectivity index (χ2n) is 3.65. The molecule has 0 amide bonds. The number of furan rings is 1. The average molecular weight is 218 g/mol. The Balaban J connectivity index is 2.34. The summed E-state index contributed by atoms with van der Waals surface area (Å²) in [5.41, 5.74) is 1.80. The molecule has 2 rings (SSSR count). The van der Waals surface area contributed by atoms with Crippen molar-refractivity contribution in [1.29, 1.82) is 0 Å². The number of aryl methyl sites for hydroxylation is 1. The van der Waals surface area contributed by atoms with Crippen molar-refractivity contribution in [1.82, 2.24) is 0 Å². The molecule has 1 atom stereocenters. The summed E-state index contributed by atoms with van der Waals surface area (Å²) < 4.78 is 10.4. The molecule has 0 saturated heterocycles. The van der Waals surface area contributed by atoms with Crippen LogP contribution >= 0.6 is 0 Å².